The molecule has 1 atom stereocenters. The molecular formula is C7H12O2. The number of hydrogen-bond donors (Lipinski definition) is 0. The Balaban J connectivity index is 2.22. The van der Waals surface area contributed by atoms with Gasteiger partial charge in [-0.3, -0.25) is 4.79 Å². The first-order chi connectivity index (χ1) is 4.33. The van der Waals surface area contributed by atoms with E-state index >= 15 is 0 Å². The molecule has 2 nitrogen and oxygen atoms in total. The van der Waals surface area contributed by atoms with Gasteiger partial charge in [-0.1, -0.05) is 13.3 Å². The summed E-state index contributed by atoms with van der Waals surface area (Å²) in [6, 6.07) is 0. The Hall–Kier alpha value is -0.530. The number of carbonyl (C=O) groups is 1. The number of ether oxygens (including phenoxy) is 1. The second kappa shape index (κ2) is 2.85. The van der Waals surface area contributed by atoms with Crippen molar-refractivity contribution >= 4 is 5.97 Å². The van der Waals surface area contributed by atoms with Crippen LogP contribution in [-0.2, 0) is 9.53 Å². The topological polar surface area (TPSA) is 26.3 Å². The van der Waals surface area contributed by atoms with Gasteiger partial charge in [-0.2, -0.15) is 0 Å². The van der Waals surface area contributed by atoms with Gasteiger partial charge in [-0.15, -0.1) is 0 Å². The summed E-state index contributed by atoms with van der Waals surface area (Å²) >= 11 is 0. The van der Waals surface area contributed by atoms with Crippen LogP contribution in [0.5, 0.6) is 0 Å². The average Bonchev–Trinajstić information content (AvgIpc) is 2.17. The second-order valence-corrected chi connectivity index (χ2v) is 2.44. The van der Waals surface area contributed by atoms with Gasteiger partial charge in [0.25, 0.3) is 0 Å². The molecule has 0 amide bonds. The minimum Gasteiger partial charge on any atom is -0.462 e. The molecule has 1 saturated heterocycles. The molecule has 0 N–H and O–H groups in total. The summed E-state index contributed by atoms with van der Waals surface area (Å²) in [5, 5.41) is 0. The number of esters is 1. The number of hydrogen-bond acceptors (Lipinski definition) is 2. The third-order valence-electron chi connectivity index (χ3n) is 1.58. The van der Waals surface area contributed by atoms with Gasteiger partial charge in [0, 0.05) is 6.42 Å². The fraction of sp³-hybridized carbons (Fsp3) is 0.857. The van der Waals surface area contributed by atoms with E-state index < -0.39 is 0 Å². The van der Waals surface area contributed by atoms with Crippen molar-refractivity contribution in [3.05, 3.63) is 0 Å². The van der Waals surface area contributed by atoms with Crippen LogP contribution >= 0.6 is 0 Å². The Morgan fingerprint density at radius 1 is 1.78 bits per heavy atom. The lowest BCUT2D eigenvalue weighted by molar-refractivity contribution is -0.141. The molecule has 0 aromatic rings. The molecular weight excluding hydrogens is 116 g/mol. The summed E-state index contributed by atoms with van der Waals surface area (Å²) in [5.41, 5.74) is 0. The fourth-order valence-electron chi connectivity index (χ4n) is 1.11. The van der Waals surface area contributed by atoms with Crippen LogP contribution in [0.1, 0.15) is 32.6 Å². The zero-order valence-corrected chi connectivity index (χ0v) is 5.72. The molecule has 0 bridgehead atoms. The van der Waals surface area contributed by atoms with Crippen LogP contribution in [0.2, 0.25) is 0 Å². The largest absolute Gasteiger partial charge is 0.462 e. The van der Waals surface area contributed by atoms with Gasteiger partial charge in [-0.05, 0) is 12.8 Å². The van der Waals surface area contributed by atoms with Crippen molar-refractivity contribution in [1.29, 1.82) is 0 Å². The predicted octanol–water partition coefficient (Wildman–Crippen LogP) is 1.49. The maximum atomic E-state index is 10.5. The minimum atomic E-state index is -0.0200. The summed E-state index contributed by atoms with van der Waals surface area (Å²) in [6.07, 6.45) is 3.95. The van der Waals surface area contributed by atoms with Crippen LogP contribution in [-0.4, -0.2) is 12.1 Å². The first-order valence-electron chi connectivity index (χ1n) is 3.52. The molecule has 0 radical (unpaired) electrons. The zero-order valence-electron chi connectivity index (χ0n) is 5.72. The summed E-state index contributed by atoms with van der Waals surface area (Å²) in [5.74, 6) is -0.0200. The predicted molar refractivity (Wildman–Crippen MR) is 34.0 cm³/mol. The molecule has 0 aromatic heterocycles. The Morgan fingerprint density at radius 3 is 3.00 bits per heavy atom. The fourth-order valence-corrected chi connectivity index (χ4v) is 1.11. The molecule has 1 heterocycles. The van der Waals surface area contributed by atoms with Crippen molar-refractivity contribution < 1.29 is 9.53 Å². The monoisotopic (exact) mass is 128 g/mol. The SMILES string of the molecule is CCC[C@H]1CCC(=O)O1. The van der Waals surface area contributed by atoms with Crippen molar-refractivity contribution in [2.75, 3.05) is 0 Å². The highest BCUT2D eigenvalue weighted by Crippen LogP contribution is 2.17. The molecule has 0 aromatic carbocycles. The second-order valence-electron chi connectivity index (χ2n) is 2.44. The van der Waals surface area contributed by atoms with Gasteiger partial charge in [0.1, 0.15) is 6.10 Å². The molecule has 0 spiro atoms. The lowest BCUT2D eigenvalue weighted by Gasteiger charge is -2.04. The number of carbonyl (C=O) groups excluding carboxylic acids is 1. The van der Waals surface area contributed by atoms with Gasteiger partial charge in [0.15, 0.2) is 0 Å². The zero-order chi connectivity index (χ0) is 6.69. The van der Waals surface area contributed by atoms with Crippen LogP contribution < -0.4 is 0 Å². The van der Waals surface area contributed by atoms with E-state index in [1.165, 1.54) is 0 Å². The summed E-state index contributed by atoms with van der Waals surface area (Å²) in [4.78, 5) is 10.5. The highest BCUT2D eigenvalue weighted by molar-refractivity contribution is 5.71. The standard InChI is InChI=1S/C7H12O2/c1-2-3-6-4-5-7(8)9-6/h6H,2-5H2,1H3/t6-/m0/s1. The highest BCUT2D eigenvalue weighted by atomic mass is 16.5. The van der Waals surface area contributed by atoms with Crippen LogP contribution in [0.15, 0.2) is 0 Å². The molecule has 2 heteroatoms. The van der Waals surface area contributed by atoms with Crippen LogP contribution in [0.3, 0.4) is 0 Å². The Labute approximate surface area is 55.2 Å². The third kappa shape index (κ3) is 1.70. The molecule has 0 aliphatic carbocycles. The number of rotatable bonds is 2. The lowest BCUT2D eigenvalue weighted by atomic mass is 10.1. The first-order valence-corrected chi connectivity index (χ1v) is 3.52. The van der Waals surface area contributed by atoms with E-state index in [9.17, 15) is 4.79 Å². The van der Waals surface area contributed by atoms with E-state index in [-0.39, 0.29) is 12.1 Å². The van der Waals surface area contributed by atoms with E-state index in [0.29, 0.717) is 6.42 Å². The van der Waals surface area contributed by atoms with Gasteiger partial charge in [0.2, 0.25) is 0 Å². The maximum Gasteiger partial charge on any atom is 0.306 e. The smallest absolute Gasteiger partial charge is 0.306 e. The van der Waals surface area contributed by atoms with Crippen molar-refractivity contribution in [2.24, 2.45) is 0 Å². The van der Waals surface area contributed by atoms with Gasteiger partial charge >= 0.3 is 5.97 Å². The lowest BCUT2D eigenvalue weighted by Crippen LogP contribution is -2.05. The molecule has 0 saturated carbocycles. The van der Waals surface area contributed by atoms with Crippen molar-refractivity contribution in [2.45, 2.75) is 38.7 Å². The van der Waals surface area contributed by atoms with Crippen LogP contribution in [0.4, 0.5) is 0 Å². The van der Waals surface area contributed by atoms with Crippen LogP contribution in [0, 0.1) is 0 Å². The Morgan fingerprint density at radius 2 is 2.56 bits per heavy atom. The Kier molecular flexibility index (Phi) is 2.09. The van der Waals surface area contributed by atoms with Gasteiger partial charge in [-0.25, -0.2) is 0 Å². The molecule has 0 unspecified atom stereocenters. The quantitative estimate of drug-likeness (QED) is 0.527. The molecule has 1 aliphatic heterocycles. The van der Waals surface area contributed by atoms with Crippen LogP contribution in [0.25, 0.3) is 0 Å². The molecule has 1 aliphatic rings. The summed E-state index contributed by atoms with van der Waals surface area (Å²) in [7, 11) is 0. The summed E-state index contributed by atoms with van der Waals surface area (Å²) < 4.78 is 4.96. The van der Waals surface area contributed by atoms with E-state index in [1.807, 2.05) is 0 Å². The molecule has 1 fully saturated rings. The van der Waals surface area contributed by atoms with Crippen molar-refractivity contribution in [3.63, 3.8) is 0 Å². The average molecular weight is 128 g/mol. The van der Waals surface area contributed by atoms with Gasteiger partial charge < -0.3 is 4.74 Å². The summed E-state index contributed by atoms with van der Waals surface area (Å²) in [6.45, 7) is 2.10. The van der Waals surface area contributed by atoms with Crippen molar-refractivity contribution in [1.82, 2.24) is 0 Å². The normalized spacial score (nSPS) is 26.3. The highest BCUT2D eigenvalue weighted by Gasteiger charge is 2.21. The van der Waals surface area contributed by atoms with E-state index in [4.69, 9.17) is 4.74 Å². The first kappa shape index (κ1) is 6.59. The Bertz CT molecular complexity index is 109. The van der Waals surface area contributed by atoms with Gasteiger partial charge in [0.05, 0.1) is 0 Å². The minimum absolute atomic E-state index is 0.0200. The van der Waals surface area contributed by atoms with E-state index in [1.54, 1.807) is 0 Å². The van der Waals surface area contributed by atoms with E-state index in [2.05, 4.69) is 6.92 Å². The van der Waals surface area contributed by atoms with Crippen molar-refractivity contribution in [3.8, 4) is 0 Å². The molecule has 52 valence electrons. The van der Waals surface area contributed by atoms with E-state index in [0.717, 1.165) is 19.3 Å². The maximum absolute atomic E-state index is 10.5. The number of cyclic esters (lactones) is 1. The molecule has 9 heavy (non-hydrogen) atoms. The molecule has 1 rings (SSSR count). The third-order valence-corrected chi connectivity index (χ3v) is 1.58.